The fourth-order valence-corrected chi connectivity index (χ4v) is 2.52. The van der Waals surface area contributed by atoms with Crippen LogP contribution >= 0.6 is 0 Å². The van der Waals surface area contributed by atoms with E-state index < -0.39 is 24.0 Å². The minimum absolute atomic E-state index is 0.128. The van der Waals surface area contributed by atoms with Gasteiger partial charge in [-0.15, -0.1) is 0 Å². The first-order valence-corrected chi connectivity index (χ1v) is 8.70. The first kappa shape index (κ1) is 20.7. The highest BCUT2D eigenvalue weighted by Crippen LogP contribution is 2.08. The zero-order valence-corrected chi connectivity index (χ0v) is 15.1. The van der Waals surface area contributed by atoms with Gasteiger partial charge in [-0.25, -0.2) is 4.79 Å². The van der Waals surface area contributed by atoms with Gasteiger partial charge in [-0.3, -0.25) is 9.59 Å². The molecule has 0 heterocycles. The highest BCUT2D eigenvalue weighted by Gasteiger charge is 2.27. The zero-order chi connectivity index (χ0) is 18.8. The molecule has 0 bridgehead atoms. The predicted octanol–water partition coefficient (Wildman–Crippen LogP) is 2.13. The normalized spacial score (nSPS) is 13.1. The molecule has 6 heteroatoms. The Hall–Kier alpha value is -2.37. The molecule has 0 fully saturated rings. The quantitative estimate of drug-likeness (QED) is 0.603. The standard InChI is InChI=1S/C19H28N2O4/c1-4-8-17(22)20-15(12-14-9-6-5-7-10-14)18(23)21-16(19(24)25)11-13(2)3/h5-7,9-10,13,15-16H,4,8,11-12H2,1-3H3,(H,20,22)(H,21,23)(H,24,25). The number of nitrogens with one attached hydrogen (secondary N) is 2. The third-order valence-electron chi connectivity index (χ3n) is 3.73. The Kier molecular flexibility index (Phi) is 8.67. The summed E-state index contributed by atoms with van der Waals surface area (Å²) in [6.07, 6.45) is 1.65. The molecular formula is C19H28N2O4. The zero-order valence-electron chi connectivity index (χ0n) is 15.1. The Bertz CT molecular complexity index is 572. The van der Waals surface area contributed by atoms with E-state index in [1.54, 1.807) is 0 Å². The predicted molar refractivity (Wildman–Crippen MR) is 96.0 cm³/mol. The van der Waals surface area contributed by atoms with Crippen molar-refractivity contribution in [3.63, 3.8) is 0 Å². The van der Waals surface area contributed by atoms with Gasteiger partial charge in [-0.05, 0) is 24.3 Å². The van der Waals surface area contributed by atoms with Gasteiger partial charge >= 0.3 is 5.97 Å². The summed E-state index contributed by atoms with van der Waals surface area (Å²) in [6, 6.07) is 7.57. The number of carbonyl (C=O) groups is 3. The van der Waals surface area contributed by atoms with Crippen LogP contribution in [0, 0.1) is 5.92 Å². The molecule has 0 aromatic heterocycles. The number of benzene rings is 1. The van der Waals surface area contributed by atoms with Crippen molar-refractivity contribution in [3.05, 3.63) is 35.9 Å². The molecule has 0 aliphatic heterocycles. The molecule has 0 saturated heterocycles. The van der Waals surface area contributed by atoms with Gasteiger partial charge in [0.2, 0.25) is 11.8 Å². The summed E-state index contributed by atoms with van der Waals surface area (Å²) in [5.41, 5.74) is 0.898. The summed E-state index contributed by atoms with van der Waals surface area (Å²) in [7, 11) is 0. The van der Waals surface area contributed by atoms with Crippen LogP contribution in [-0.4, -0.2) is 35.0 Å². The van der Waals surface area contributed by atoms with E-state index in [-0.39, 0.29) is 11.8 Å². The van der Waals surface area contributed by atoms with Gasteiger partial charge in [0.25, 0.3) is 0 Å². The summed E-state index contributed by atoms with van der Waals surface area (Å²) in [4.78, 5) is 35.9. The fourth-order valence-electron chi connectivity index (χ4n) is 2.52. The van der Waals surface area contributed by atoms with Crippen molar-refractivity contribution in [3.8, 4) is 0 Å². The lowest BCUT2D eigenvalue weighted by Crippen LogP contribution is -2.52. The molecular weight excluding hydrogens is 320 g/mol. The van der Waals surface area contributed by atoms with Crippen LogP contribution in [0.15, 0.2) is 30.3 Å². The van der Waals surface area contributed by atoms with Crippen LogP contribution in [-0.2, 0) is 20.8 Å². The van der Waals surface area contributed by atoms with Crippen molar-refractivity contribution in [1.29, 1.82) is 0 Å². The molecule has 0 radical (unpaired) electrons. The molecule has 1 aromatic rings. The van der Waals surface area contributed by atoms with Crippen LogP contribution in [0.5, 0.6) is 0 Å². The molecule has 0 aliphatic carbocycles. The van der Waals surface area contributed by atoms with E-state index in [4.69, 9.17) is 0 Å². The molecule has 1 aromatic carbocycles. The molecule has 2 atom stereocenters. The van der Waals surface area contributed by atoms with Gasteiger partial charge in [0.1, 0.15) is 12.1 Å². The second-order valence-corrected chi connectivity index (χ2v) is 6.59. The first-order chi connectivity index (χ1) is 11.8. The van der Waals surface area contributed by atoms with E-state index in [1.165, 1.54) is 0 Å². The van der Waals surface area contributed by atoms with Crippen molar-refractivity contribution < 1.29 is 19.5 Å². The van der Waals surface area contributed by atoms with Gasteiger partial charge in [0.05, 0.1) is 0 Å². The Morgan fingerprint density at radius 1 is 1.04 bits per heavy atom. The SMILES string of the molecule is CCCC(=O)NC(Cc1ccccc1)C(=O)NC(CC(C)C)C(=O)O. The summed E-state index contributed by atoms with van der Waals surface area (Å²) >= 11 is 0. The molecule has 0 spiro atoms. The number of hydrogen-bond acceptors (Lipinski definition) is 3. The number of aliphatic carboxylic acids is 1. The monoisotopic (exact) mass is 348 g/mol. The minimum atomic E-state index is -1.07. The van der Waals surface area contributed by atoms with E-state index in [1.807, 2.05) is 51.1 Å². The smallest absolute Gasteiger partial charge is 0.326 e. The molecule has 2 unspecified atom stereocenters. The lowest BCUT2D eigenvalue weighted by molar-refractivity contribution is -0.142. The Morgan fingerprint density at radius 2 is 1.68 bits per heavy atom. The van der Waals surface area contributed by atoms with Crippen molar-refractivity contribution in [2.24, 2.45) is 5.92 Å². The van der Waals surface area contributed by atoms with Gasteiger partial charge in [-0.1, -0.05) is 51.1 Å². The second kappa shape index (κ2) is 10.5. The number of carbonyl (C=O) groups excluding carboxylic acids is 2. The third kappa shape index (κ3) is 7.83. The van der Waals surface area contributed by atoms with Crippen LogP contribution in [0.25, 0.3) is 0 Å². The third-order valence-corrected chi connectivity index (χ3v) is 3.73. The molecule has 0 aliphatic rings. The van der Waals surface area contributed by atoms with Crippen LogP contribution in [0.3, 0.4) is 0 Å². The molecule has 6 nitrogen and oxygen atoms in total. The maximum atomic E-state index is 12.6. The van der Waals surface area contributed by atoms with Crippen molar-refractivity contribution in [2.75, 3.05) is 0 Å². The van der Waals surface area contributed by atoms with E-state index in [0.717, 1.165) is 5.56 Å². The number of amides is 2. The van der Waals surface area contributed by atoms with E-state index in [0.29, 0.717) is 25.7 Å². The molecule has 0 saturated carbocycles. The lowest BCUT2D eigenvalue weighted by atomic mass is 10.0. The van der Waals surface area contributed by atoms with Gasteiger partial charge in [0.15, 0.2) is 0 Å². The summed E-state index contributed by atoms with van der Waals surface area (Å²) in [5, 5.41) is 14.6. The molecule has 25 heavy (non-hydrogen) atoms. The van der Waals surface area contributed by atoms with Crippen LogP contribution in [0.1, 0.15) is 45.6 Å². The maximum Gasteiger partial charge on any atom is 0.326 e. The number of carboxylic acid groups (broad SMARTS) is 1. The Balaban J connectivity index is 2.86. The van der Waals surface area contributed by atoms with Gasteiger partial charge < -0.3 is 15.7 Å². The average Bonchev–Trinajstić information content (AvgIpc) is 2.54. The van der Waals surface area contributed by atoms with Gasteiger partial charge in [-0.2, -0.15) is 0 Å². The lowest BCUT2D eigenvalue weighted by Gasteiger charge is -2.22. The summed E-state index contributed by atoms with van der Waals surface area (Å²) in [6.45, 7) is 5.67. The van der Waals surface area contributed by atoms with Crippen LogP contribution in [0.2, 0.25) is 0 Å². The number of hydrogen-bond donors (Lipinski definition) is 3. The highest BCUT2D eigenvalue weighted by atomic mass is 16.4. The van der Waals surface area contributed by atoms with E-state index >= 15 is 0 Å². The van der Waals surface area contributed by atoms with Gasteiger partial charge in [0, 0.05) is 12.8 Å². The average molecular weight is 348 g/mol. The Morgan fingerprint density at radius 3 is 2.20 bits per heavy atom. The highest BCUT2D eigenvalue weighted by molar-refractivity contribution is 5.90. The maximum absolute atomic E-state index is 12.6. The first-order valence-electron chi connectivity index (χ1n) is 8.70. The molecule has 138 valence electrons. The van der Waals surface area contributed by atoms with Crippen LogP contribution < -0.4 is 10.6 Å². The number of carboxylic acids is 1. The number of rotatable bonds is 10. The summed E-state index contributed by atoms with van der Waals surface area (Å²) < 4.78 is 0. The van der Waals surface area contributed by atoms with Crippen molar-refractivity contribution >= 4 is 17.8 Å². The van der Waals surface area contributed by atoms with Crippen LogP contribution in [0.4, 0.5) is 0 Å². The topological polar surface area (TPSA) is 95.5 Å². The van der Waals surface area contributed by atoms with Crippen molar-refractivity contribution in [2.45, 2.75) is 58.5 Å². The van der Waals surface area contributed by atoms with E-state index in [2.05, 4.69) is 10.6 Å². The van der Waals surface area contributed by atoms with E-state index in [9.17, 15) is 19.5 Å². The summed E-state index contributed by atoms with van der Waals surface area (Å²) in [5.74, 6) is -1.63. The molecule has 1 rings (SSSR count). The minimum Gasteiger partial charge on any atom is -0.480 e. The molecule has 3 N–H and O–H groups in total. The van der Waals surface area contributed by atoms with Crippen molar-refractivity contribution in [1.82, 2.24) is 10.6 Å². The molecule has 2 amide bonds. The largest absolute Gasteiger partial charge is 0.480 e. The second-order valence-electron chi connectivity index (χ2n) is 6.59. The Labute approximate surface area is 149 Å². The fraction of sp³-hybridized carbons (Fsp3) is 0.526.